The first kappa shape index (κ1) is 7.60. The van der Waals surface area contributed by atoms with E-state index in [0.29, 0.717) is 5.92 Å². The molecule has 2 atom stereocenters. The molecule has 0 heterocycles. The molecule has 2 saturated carbocycles. The van der Waals surface area contributed by atoms with Gasteiger partial charge in [0.25, 0.3) is 0 Å². The van der Waals surface area contributed by atoms with Crippen LogP contribution in [0.2, 0.25) is 0 Å². The summed E-state index contributed by atoms with van der Waals surface area (Å²) in [5.74, 6) is 1.56. The van der Waals surface area contributed by atoms with Crippen LogP contribution in [0.4, 0.5) is 0 Å². The van der Waals surface area contributed by atoms with Crippen molar-refractivity contribution in [2.45, 2.75) is 51.0 Å². The Kier molecular flexibility index (Phi) is 2.17. The number of hydrogen-bond acceptors (Lipinski definition) is 1. The highest BCUT2D eigenvalue weighted by molar-refractivity contribution is 4.84. The van der Waals surface area contributed by atoms with Crippen molar-refractivity contribution in [3.63, 3.8) is 0 Å². The third-order valence-electron chi connectivity index (χ3n) is 3.54. The highest BCUT2D eigenvalue weighted by atomic mass is 16.3. The molecule has 2 unspecified atom stereocenters. The topological polar surface area (TPSA) is 20.2 Å². The molecule has 1 N–H and O–H groups in total. The smallest absolute Gasteiger partial charge is 0.0571 e. The predicted octanol–water partition coefficient (Wildman–Crippen LogP) is 2.34. The van der Waals surface area contributed by atoms with Gasteiger partial charge in [-0.15, -0.1) is 0 Å². The van der Waals surface area contributed by atoms with Gasteiger partial charge in [0.05, 0.1) is 6.10 Å². The van der Waals surface area contributed by atoms with Crippen LogP contribution in [0, 0.1) is 11.8 Å². The van der Waals surface area contributed by atoms with Crippen molar-refractivity contribution in [3.05, 3.63) is 0 Å². The van der Waals surface area contributed by atoms with Crippen LogP contribution in [0.25, 0.3) is 0 Å². The van der Waals surface area contributed by atoms with Crippen molar-refractivity contribution < 1.29 is 5.11 Å². The van der Waals surface area contributed by atoms with Gasteiger partial charge in [0, 0.05) is 0 Å². The molecule has 1 heteroatoms. The van der Waals surface area contributed by atoms with Crippen LogP contribution in [0.15, 0.2) is 0 Å². The Balaban J connectivity index is 1.92. The molecule has 0 radical (unpaired) electrons. The Bertz CT molecular complexity index is 127. The fourth-order valence-electron chi connectivity index (χ4n) is 2.90. The first-order valence-electron chi connectivity index (χ1n) is 5.06. The summed E-state index contributed by atoms with van der Waals surface area (Å²) >= 11 is 0. The van der Waals surface area contributed by atoms with Gasteiger partial charge >= 0.3 is 0 Å². The number of aliphatic hydroxyl groups is 1. The van der Waals surface area contributed by atoms with E-state index in [1.165, 1.54) is 38.5 Å². The Morgan fingerprint density at radius 2 is 1.55 bits per heavy atom. The molecule has 0 amide bonds. The maximum absolute atomic E-state index is 9.65. The largest absolute Gasteiger partial charge is 0.393 e. The zero-order chi connectivity index (χ0) is 7.68. The van der Waals surface area contributed by atoms with Gasteiger partial charge in [0.2, 0.25) is 0 Å². The summed E-state index contributed by atoms with van der Waals surface area (Å²) in [5.41, 5.74) is 0. The third-order valence-corrected chi connectivity index (χ3v) is 3.54. The molecule has 11 heavy (non-hydrogen) atoms. The van der Waals surface area contributed by atoms with Gasteiger partial charge in [0.1, 0.15) is 0 Å². The van der Waals surface area contributed by atoms with Gasteiger partial charge in [0.15, 0.2) is 0 Å². The molecule has 0 bridgehead atoms. The van der Waals surface area contributed by atoms with Crippen molar-refractivity contribution in [3.8, 4) is 0 Å². The zero-order valence-electron chi connectivity index (χ0n) is 7.13. The van der Waals surface area contributed by atoms with Gasteiger partial charge in [-0.3, -0.25) is 0 Å². The lowest BCUT2D eigenvalue weighted by Gasteiger charge is -2.21. The van der Waals surface area contributed by atoms with E-state index in [0.717, 1.165) is 12.3 Å². The van der Waals surface area contributed by atoms with E-state index in [9.17, 15) is 5.11 Å². The quantitative estimate of drug-likeness (QED) is 0.614. The molecule has 2 aliphatic carbocycles. The highest BCUT2D eigenvalue weighted by Crippen LogP contribution is 2.40. The molecule has 0 aromatic heterocycles. The van der Waals surface area contributed by atoms with Gasteiger partial charge in [-0.05, 0) is 24.7 Å². The number of hydrogen-bond donors (Lipinski definition) is 1. The maximum atomic E-state index is 9.65. The minimum absolute atomic E-state index is 0.0538. The van der Waals surface area contributed by atoms with Crippen molar-refractivity contribution in [2.24, 2.45) is 11.8 Å². The van der Waals surface area contributed by atoms with E-state index in [1.54, 1.807) is 0 Å². The number of aliphatic hydroxyl groups excluding tert-OH is 1. The first-order chi connectivity index (χ1) is 5.38. The average molecular weight is 154 g/mol. The van der Waals surface area contributed by atoms with Crippen LogP contribution in [0.1, 0.15) is 44.9 Å². The van der Waals surface area contributed by atoms with Crippen molar-refractivity contribution in [1.82, 2.24) is 0 Å². The molecule has 2 rings (SSSR count). The summed E-state index contributed by atoms with van der Waals surface area (Å²) in [6, 6.07) is 0. The summed E-state index contributed by atoms with van der Waals surface area (Å²) in [5, 5.41) is 9.65. The highest BCUT2D eigenvalue weighted by Gasteiger charge is 2.33. The van der Waals surface area contributed by atoms with E-state index in [-0.39, 0.29) is 6.10 Å². The average Bonchev–Trinajstić information content (AvgIpc) is 2.55. The Labute approximate surface area is 68.8 Å². The molecule has 0 aromatic rings. The third kappa shape index (κ3) is 1.44. The van der Waals surface area contributed by atoms with E-state index >= 15 is 0 Å². The normalized spacial score (nSPS) is 40.1. The van der Waals surface area contributed by atoms with Crippen LogP contribution < -0.4 is 0 Å². The molecule has 1 nitrogen and oxygen atoms in total. The molecule has 0 aliphatic heterocycles. The van der Waals surface area contributed by atoms with Crippen LogP contribution in [-0.4, -0.2) is 11.2 Å². The second kappa shape index (κ2) is 3.14. The second-order valence-electron chi connectivity index (χ2n) is 4.21. The van der Waals surface area contributed by atoms with E-state index in [2.05, 4.69) is 0 Å². The van der Waals surface area contributed by atoms with Gasteiger partial charge in [-0.2, -0.15) is 0 Å². The van der Waals surface area contributed by atoms with E-state index < -0.39 is 0 Å². The Morgan fingerprint density at radius 3 is 2.09 bits per heavy atom. The summed E-state index contributed by atoms with van der Waals surface area (Å²) in [4.78, 5) is 0. The molecule has 0 spiro atoms. The number of rotatable bonds is 1. The summed E-state index contributed by atoms with van der Waals surface area (Å²) < 4.78 is 0. The summed E-state index contributed by atoms with van der Waals surface area (Å²) in [7, 11) is 0. The van der Waals surface area contributed by atoms with Crippen molar-refractivity contribution >= 4 is 0 Å². The zero-order valence-corrected chi connectivity index (χ0v) is 7.13. The lowest BCUT2D eigenvalue weighted by Crippen LogP contribution is -2.20. The minimum Gasteiger partial charge on any atom is -0.393 e. The SMILES string of the molecule is OC1CCCC1C1CCCC1. The van der Waals surface area contributed by atoms with Gasteiger partial charge in [-0.25, -0.2) is 0 Å². The minimum atomic E-state index is 0.0538. The van der Waals surface area contributed by atoms with E-state index in [1.807, 2.05) is 0 Å². The molecular formula is C10H18O. The van der Waals surface area contributed by atoms with Crippen molar-refractivity contribution in [2.75, 3.05) is 0 Å². The summed E-state index contributed by atoms with van der Waals surface area (Å²) in [6.07, 6.45) is 9.29. The molecule has 0 aromatic carbocycles. The van der Waals surface area contributed by atoms with Crippen LogP contribution in [-0.2, 0) is 0 Å². The molecule has 2 fully saturated rings. The lowest BCUT2D eigenvalue weighted by atomic mass is 9.88. The fourth-order valence-corrected chi connectivity index (χ4v) is 2.90. The monoisotopic (exact) mass is 154 g/mol. The van der Waals surface area contributed by atoms with E-state index in [4.69, 9.17) is 0 Å². The first-order valence-corrected chi connectivity index (χ1v) is 5.06. The van der Waals surface area contributed by atoms with Crippen LogP contribution >= 0.6 is 0 Å². The molecule has 64 valence electrons. The van der Waals surface area contributed by atoms with Crippen LogP contribution in [0.3, 0.4) is 0 Å². The van der Waals surface area contributed by atoms with Crippen LogP contribution in [0.5, 0.6) is 0 Å². The van der Waals surface area contributed by atoms with Gasteiger partial charge < -0.3 is 5.11 Å². The Hall–Kier alpha value is -0.0400. The lowest BCUT2D eigenvalue weighted by molar-refractivity contribution is 0.0994. The molecule has 0 saturated heterocycles. The van der Waals surface area contributed by atoms with Crippen molar-refractivity contribution in [1.29, 1.82) is 0 Å². The van der Waals surface area contributed by atoms with Gasteiger partial charge in [-0.1, -0.05) is 32.1 Å². The fraction of sp³-hybridized carbons (Fsp3) is 1.00. The second-order valence-corrected chi connectivity index (χ2v) is 4.21. The standard InChI is InChI=1S/C10H18O/c11-10-7-3-6-9(10)8-4-1-2-5-8/h8-11H,1-7H2. The maximum Gasteiger partial charge on any atom is 0.0571 e. The Morgan fingerprint density at radius 1 is 0.818 bits per heavy atom. The molecule has 2 aliphatic rings. The summed E-state index contributed by atoms with van der Waals surface area (Å²) in [6.45, 7) is 0. The predicted molar refractivity (Wildman–Crippen MR) is 45.3 cm³/mol. The molecular weight excluding hydrogens is 136 g/mol.